The summed E-state index contributed by atoms with van der Waals surface area (Å²) in [4.78, 5) is 4.48. The van der Waals surface area contributed by atoms with Gasteiger partial charge in [0.15, 0.2) is 5.96 Å². The van der Waals surface area contributed by atoms with Crippen LogP contribution in [0.4, 0.5) is 5.69 Å². The average Bonchev–Trinajstić information content (AvgIpc) is 2.93. The number of anilines is 1. The van der Waals surface area contributed by atoms with Gasteiger partial charge in [0.05, 0.1) is 12.1 Å². The zero-order valence-electron chi connectivity index (χ0n) is 12.8. The molecule has 0 radical (unpaired) electrons. The van der Waals surface area contributed by atoms with Crippen molar-refractivity contribution in [1.29, 1.82) is 0 Å². The molecule has 1 aromatic carbocycles. The molecule has 2 aliphatic rings. The smallest absolute Gasteiger partial charge is 0.193 e. The van der Waals surface area contributed by atoms with E-state index in [1.165, 1.54) is 30.4 Å². The lowest BCUT2D eigenvalue weighted by Crippen LogP contribution is -2.31. The van der Waals surface area contributed by atoms with Crippen molar-refractivity contribution in [2.24, 2.45) is 10.7 Å². The van der Waals surface area contributed by atoms with Gasteiger partial charge in [-0.1, -0.05) is 12.1 Å². The summed E-state index contributed by atoms with van der Waals surface area (Å²) in [5.41, 5.74) is 9.90. The van der Waals surface area contributed by atoms with Crippen LogP contribution >= 0.6 is 0 Å². The van der Waals surface area contributed by atoms with E-state index in [2.05, 4.69) is 35.4 Å². The number of hydrogen-bond donors (Lipinski definition) is 2. The normalized spacial score (nSPS) is 25.7. The van der Waals surface area contributed by atoms with Crippen molar-refractivity contribution in [3.8, 4) is 0 Å². The van der Waals surface area contributed by atoms with Crippen LogP contribution in [-0.4, -0.2) is 24.7 Å². The predicted octanol–water partition coefficient (Wildman–Crippen LogP) is 2.86. The molecule has 1 atom stereocenters. The molecule has 3 rings (SSSR count). The van der Waals surface area contributed by atoms with E-state index in [4.69, 9.17) is 10.5 Å². The highest BCUT2D eigenvalue weighted by atomic mass is 16.5. The third kappa shape index (κ3) is 3.38. The van der Waals surface area contributed by atoms with Crippen LogP contribution in [0.1, 0.15) is 43.7 Å². The Bertz CT molecular complexity index is 533. The van der Waals surface area contributed by atoms with E-state index in [-0.39, 0.29) is 5.60 Å². The molecule has 0 spiro atoms. The van der Waals surface area contributed by atoms with Gasteiger partial charge in [0.25, 0.3) is 0 Å². The van der Waals surface area contributed by atoms with Crippen LogP contribution in [0.2, 0.25) is 0 Å². The Kier molecular flexibility index (Phi) is 4.15. The Morgan fingerprint density at radius 1 is 1.33 bits per heavy atom. The van der Waals surface area contributed by atoms with E-state index >= 15 is 0 Å². The highest BCUT2D eigenvalue weighted by molar-refractivity contribution is 5.93. The van der Waals surface area contributed by atoms with Crippen molar-refractivity contribution in [3.63, 3.8) is 0 Å². The summed E-state index contributed by atoms with van der Waals surface area (Å²) in [5.74, 6) is 0.491. The number of aryl methyl sites for hydroxylation is 1. The van der Waals surface area contributed by atoms with E-state index in [1.54, 1.807) is 0 Å². The molecule has 4 heteroatoms. The minimum absolute atomic E-state index is 0.136. The molecule has 1 heterocycles. The molecule has 4 nitrogen and oxygen atoms in total. The largest absolute Gasteiger partial charge is 0.373 e. The number of ether oxygens (including phenoxy) is 1. The molecule has 1 aliphatic carbocycles. The van der Waals surface area contributed by atoms with Crippen LogP contribution in [0.25, 0.3) is 0 Å². The summed E-state index contributed by atoms with van der Waals surface area (Å²) in [5, 5.41) is 3.28. The first kappa shape index (κ1) is 14.4. The second kappa shape index (κ2) is 6.06. The van der Waals surface area contributed by atoms with Gasteiger partial charge in [0, 0.05) is 12.3 Å². The van der Waals surface area contributed by atoms with E-state index in [9.17, 15) is 0 Å². The molecule has 114 valence electrons. The Morgan fingerprint density at radius 3 is 3.00 bits per heavy atom. The van der Waals surface area contributed by atoms with Gasteiger partial charge in [-0.3, -0.25) is 4.99 Å². The maximum atomic E-state index is 6.06. The molecule has 1 fully saturated rings. The summed E-state index contributed by atoms with van der Waals surface area (Å²) >= 11 is 0. The molecule has 0 saturated carbocycles. The zero-order chi connectivity index (χ0) is 14.7. The summed E-state index contributed by atoms with van der Waals surface area (Å²) in [7, 11) is 0. The summed E-state index contributed by atoms with van der Waals surface area (Å²) in [6.07, 6.45) is 7.03. The molecule has 1 saturated heterocycles. The van der Waals surface area contributed by atoms with E-state index < -0.39 is 0 Å². The Labute approximate surface area is 126 Å². The van der Waals surface area contributed by atoms with Gasteiger partial charge in [-0.05, 0) is 62.6 Å². The second-order valence-corrected chi connectivity index (χ2v) is 6.38. The van der Waals surface area contributed by atoms with Gasteiger partial charge in [-0.2, -0.15) is 0 Å². The molecule has 0 amide bonds. The summed E-state index contributed by atoms with van der Waals surface area (Å²) in [6, 6.07) is 6.42. The first-order valence-electron chi connectivity index (χ1n) is 7.98. The lowest BCUT2D eigenvalue weighted by Gasteiger charge is -2.22. The highest BCUT2D eigenvalue weighted by Gasteiger charge is 2.29. The van der Waals surface area contributed by atoms with Crippen LogP contribution in [0, 0.1) is 0 Å². The van der Waals surface area contributed by atoms with Crippen molar-refractivity contribution in [3.05, 3.63) is 29.3 Å². The molecular formula is C17H25N3O. The molecule has 0 bridgehead atoms. The van der Waals surface area contributed by atoms with E-state index in [1.807, 2.05) is 0 Å². The first-order valence-corrected chi connectivity index (χ1v) is 7.98. The molecule has 1 unspecified atom stereocenters. The van der Waals surface area contributed by atoms with E-state index in [0.717, 1.165) is 31.6 Å². The molecule has 1 aromatic rings. The fourth-order valence-electron chi connectivity index (χ4n) is 3.29. The van der Waals surface area contributed by atoms with Crippen molar-refractivity contribution in [1.82, 2.24) is 0 Å². The number of guanidine groups is 1. The quantitative estimate of drug-likeness (QED) is 0.664. The predicted molar refractivity (Wildman–Crippen MR) is 86.8 cm³/mol. The topological polar surface area (TPSA) is 59.6 Å². The molecule has 21 heavy (non-hydrogen) atoms. The number of nitrogens with zero attached hydrogens (tertiary/aromatic N) is 1. The van der Waals surface area contributed by atoms with Crippen LogP contribution in [0.15, 0.2) is 23.2 Å². The van der Waals surface area contributed by atoms with Gasteiger partial charge in [0.2, 0.25) is 0 Å². The van der Waals surface area contributed by atoms with E-state index in [0.29, 0.717) is 12.5 Å². The number of hydrogen-bond acceptors (Lipinski definition) is 2. The van der Waals surface area contributed by atoms with Crippen molar-refractivity contribution in [2.75, 3.05) is 18.5 Å². The molecule has 3 N–H and O–H groups in total. The van der Waals surface area contributed by atoms with Gasteiger partial charge >= 0.3 is 0 Å². The van der Waals surface area contributed by atoms with Gasteiger partial charge in [-0.25, -0.2) is 0 Å². The Hall–Kier alpha value is -1.55. The minimum Gasteiger partial charge on any atom is -0.373 e. The maximum Gasteiger partial charge on any atom is 0.193 e. The zero-order valence-corrected chi connectivity index (χ0v) is 12.8. The molecular weight excluding hydrogens is 262 g/mol. The van der Waals surface area contributed by atoms with Crippen molar-refractivity contribution >= 4 is 11.6 Å². The number of aliphatic imine (C=N–C) groups is 1. The van der Waals surface area contributed by atoms with Gasteiger partial charge < -0.3 is 15.8 Å². The Balaban J connectivity index is 1.68. The number of nitrogens with two attached hydrogens (primary N) is 1. The lowest BCUT2D eigenvalue weighted by molar-refractivity contribution is 0.0284. The molecule has 0 aromatic heterocycles. The summed E-state index contributed by atoms with van der Waals surface area (Å²) < 4.78 is 5.74. The van der Waals surface area contributed by atoms with Gasteiger partial charge in [-0.15, -0.1) is 0 Å². The third-order valence-corrected chi connectivity index (χ3v) is 4.54. The van der Waals surface area contributed by atoms with Gasteiger partial charge in [0.1, 0.15) is 0 Å². The number of nitrogens with one attached hydrogen (secondary N) is 1. The number of benzene rings is 1. The third-order valence-electron chi connectivity index (χ3n) is 4.54. The number of fused-ring (bicyclic) bond motifs is 1. The number of rotatable bonds is 3. The highest BCUT2D eigenvalue weighted by Crippen LogP contribution is 2.28. The standard InChI is InChI=1S/C17H25N3O/c1-17(10-5-11-21-17)12-19-16(18)20-15-9-4-7-13-6-2-3-8-14(13)15/h4,7,9H,2-3,5-6,8,10-12H2,1H3,(H3,18,19,20). The van der Waals surface area contributed by atoms with Crippen molar-refractivity contribution < 1.29 is 4.74 Å². The fraction of sp³-hybridized carbons (Fsp3) is 0.588. The Morgan fingerprint density at radius 2 is 2.19 bits per heavy atom. The SMILES string of the molecule is CC1(CN=C(N)Nc2cccc3c2CCCC3)CCCO1. The average molecular weight is 287 g/mol. The fourth-order valence-corrected chi connectivity index (χ4v) is 3.29. The van der Waals surface area contributed by atoms with Crippen LogP contribution in [-0.2, 0) is 17.6 Å². The monoisotopic (exact) mass is 287 g/mol. The maximum absolute atomic E-state index is 6.06. The van der Waals surface area contributed by atoms with Crippen LogP contribution in [0.5, 0.6) is 0 Å². The first-order chi connectivity index (χ1) is 10.2. The van der Waals surface area contributed by atoms with Crippen molar-refractivity contribution in [2.45, 2.75) is 51.0 Å². The van der Waals surface area contributed by atoms with Crippen LogP contribution in [0.3, 0.4) is 0 Å². The summed E-state index contributed by atoms with van der Waals surface area (Å²) in [6.45, 7) is 3.58. The molecule has 1 aliphatic heterocycles. The van der Waals surface area contributed by atoms with Crippen LogP contribution < -0.4 is 11.1 Å². The minimum atomic E-state index is -0.136. The lowest BCUT2D eigenvalue weighted by atomic mass is 9.90. The second-order valence-electron chi connectivity index (χ2n) is 6.38.